The van der Waals surface area contributed by atoms with E-state index in [1.54, 1.807) is 12.1 Å². The lowest BCUT2D eigenvalue weighted by atomic mass is 9.94. The number of alkyl halides is 6. The van der Waals surface area contributed by atoms with Gasteiger partial charge in [-0.25, -0.2) is 9.48 Å². The van der Waals surface area contributed by atoms with Crippen LogP contribution in [0, 0.1) is 0 Å². The number of hydrogen-bond acceptors (Lipinski definition) is 7. The summed E-state index contributed by atoms with van der Waals surface area (Å²) < 4.78 is 81.8. The van der Waals surface area contributed by atoms with Crippen LogP contribution < -0.4 is 10.6 Å². The molecule has 2 aromatic heterocycles. The summed E-state index contributed by atoms with van der Waals surface area (Å²) in [7, 11) is 0. The van der Waals surface area contributed by atoms with Crippen molar-refractivity contribution in [3.05, 3.63) is 74.9 Å². The Morgan fingerprint density at radius 3 is 2.21 bits per heavy atom. The standard InChI is InChI=1S/C24H19Cl2F6N7O3/c25-14-7-5-13(6-8-14)19-35-38(21(41)37(19)9-17(40)23(27,28)29)10-18-33-20(36-11-22(42,12-36)24(30,31)32)39(34-18)16-4-2-1-3-15(16)26/h1-8,17,40,42H,9-12H2. The highest BCUT2D eigenvalue weighted by molar-refractivity contribution is 6.32. The van der Waals surface area contributed by atoms with Crippen molar-refractivity contribution in [1.29, 1.82) is 0 Å². The van der Waals surface area contributed by atoms with E-state index in [2.05, 4.69) is 15.2 Å². The van der Waals surface area contributed by atoms with Crippen LogP contribution in [0.3, 0.4) is 0 Å². The Balaban J connectivity index is 1.55. The predicted octanol–water partition coefficient (Wildman–Crippen LogP) is 3.68. The lowest BCUT2D eigenvalue weighted by Crippen LogP contribution is -2.69. The number of β-amino-alcohol motifs (C(OH)–C–C–N with tert-alkyl or cyclic N) is 1. The maximum atomic E-state index is 13.3. The van der Waals surface area contributed by atoms with Crippen LogP contribution in [-0.2, 0) is 13.1 Å². The van der Waals surface area contributed by atoms with Gasteiger partial charge in [0.1, 0.15) is 6.54 Å². The van der Waals surface area contributed by atoms with Gasteiger partial charge in [-0.05, 0) is 36.4 Å². The molecule has 0 aliphatic carbocycles. The zero-order valence-electron chi connectivity index (χ0n) is 21.0. The summed E-state index contributed by atoms with van der Waals surface area (Å²) >= 11 is 12.2. The molecule has 4 aromatic rings. The fraction of sp³-hybridized carbons (Fsp3) is 0.333. The van der Waals surface area contributed by atoms with Crippen LogP contribution in [0.5, 0.6) is 0 Å². The Morgan fingerprint density at radius 1 is 0.976 bits per heavy atom. The average Bonchev–Trinajstić information content (AvgIpc) is 3.43. The van der Waals surface area contributed by atoms with Crippen molar-refractivity contribution in [3.63, 3.8) is 0 Å². The fourth-order valence-electron chi connectivity index (χ4n) is 4.24. The van der Waals surface area contributed by atoms with Gasteiger partial charge in [-0.2, -0.15) is 36.0 Å². The second kappa shape index (κ2) is 10.6. The van der Waals surface area contributed by atoms with Crippen LogP contribution in [0.4, 0.5) is 32.3 Å². The largest absolute Gasteiger partial charge is 0.420 e. The molecule has 0 bridgehead atoms. The molecule has 0 amide bonds. The van der Waals surface area contributed by atoms with Gasteiger partial charge in [-0.15, -0.1) is 10.2 Å². The number of hydrogen-bond donors (Lipinski definition) is 2. The first kappa shape index (κ1) is 29.9. The molecule has 3 heterocycles. The van der Waals surface area contributed by atoms with Gasteiger partial charge in [0.05, 0.1) is 30.3 Å². The molecule has 1 atom stereocenters. The van der Waals surface area contributed by atoms with E-state index in [0.717, 1.165) is 14.3 Å². The zero-order valence-corrected chi connectivity index (χ0v) is 22.5. The van der Waals surface area contributed by atoms with Gasteiger partial charge in [0.2, 0.25) is 5.95 Å². The quantitative estimate of drug-likeness (QED) is 0.297. The average molecular weight is 638 g/mol. The van der Waals surface area contributed by atoms with Gasteiger partial charge in [0, 0.05) is 10.6 Å². The number of para-hydroxylation sites is 1. The van der Waals surface area contributed by atoms with E-state index in [4.69, 9.17) is 23.2 Å². The third-order valence-corrected chi connectivity index (χ3v) is 7.05. The second-order valence-corrected chi connectivity index (χ2v) is 10.4. The zero-order chi connectivity index (χ0) is 30.6. The minimum atomic E-state index is -5.03. The van der Waals surface area contributed by atoms with Crippen molar-refractivity contribution in [2.24, 2.45) is 0 Å². The Morgan fingerprint density at radius 2 is 1.62 bits per heavy atom. The molecule has 5 rings (SSSR count). The molecule has 10 nitrogen and oxygen atoms in total. The molecule has 1 aliphatic heterocycles. The number of halogens is 8. The number of benzene rings is 2. The van der Waals surface area contributed by atoms with E-state index in [9.17, 15) is 41.4 Å². The third-order valence-electron chi connectivity index (χ3n) is 6.48. The predicted molar refractivity (Wildman–Crippen MR) is 138 cm³/mol. The smallest absolute Gasteiger partial charge is 0.382 e. The number of rotatable bonds is 7. The number of aromatic nitrogens is 6. The molecule has 0 radical (unpaired) electrons. The van der Waals surface area contributed by atoms with Gasteiger partial charge in [0.15, 0.2) is 23.4 Å². The van der Waals surface area contributed by atoms with Crippen LogP contribution in [-0.4, -0.2) is 76.5 Å². The summed E-state index contributed by atoms with van der Waals surface area (Å²) in [6, 6.07) is 11.9. The molecular formula is C24H19Cl2F6N7O3. The van der Waals surface area contributed by atoms with Gasteiger partial charge >= 0.3 is 18.0 Å². The van der Waals surface area contributed by atoms with E-state index in [-0.39, 0.29) is 33.9 Å². The van der Waals surface area contributed by atoms with E-state index < -0.39 is 55.9 Å². The Kier molecular flexibility index (Phi) is 7.53. The molecule has 0 spiro atoms. The van der Waals surface area contributed by atoms with Gasteiger partial charge < -0.3 is 15.1 Å². The van der Waals surface area contributed by atoms with E-state index >= 15 is 0 Å². The lowest BCUT2D eigenvalue weighted by molar-refractivity contribution is -0.267. The Bertz CT molecular complexity index is 1660. The molecular weight excluding hydrogens is 619 g/mol. The monoisotopic (exact) mass is 637 g/mol. The lowest BCUT2D eigenvalue weighted by Gasteiger charge is -2.47. The van der Waals surface area contributed by atoms with Crippen molar-refractivity contribution >= 4 is 29.2 Å². The first-order chi connectivity index (χ1) is 19.6. The van der Waals surface area contributed by atoms with Crippen molar-refractivity contribution in [3.8, 4) is 17.1 Å². The minimum Gasteiger partial charge on any atom is -0.382 e. The van der Waals surface area contributed by atoms with Gasteiger partial charge in [-0.1, -0.05) is 35.3 Å². The summed E-state index contributed by atoms with van der Waals surface area (Å²) in [5.74, 6) is -0.508. The molecule has 224 valence electrons. The molecule has 1 saturated heterocycles. The summed E-state index contributed by atoms with van der Waals surface area (Å²) in [5.41, 5.74) is -3.59. The third kappa shape index (κ3) is 5.58. The molecule has 1 fully saturated rings. The highest BCUT2D eigenvalue weighted by Crippen LogP contribution is 2.40. The maximum Gasteiger partial charge on any atom is 0.420 e. The first-order valence-corrected chi connectivity index (χ1v) is 12.8. The van der Waals surface area contributed by atoms with E-state index in [1.165, 1.54) is 36.4 Å². The van der Waals surface area contributed by atoms with Crippen molar-refractivity contribution in [2.75, 3.05) is 18.0 Å². The number of aliphatic hydroxyl groups excluding tert-OH is 1. The molecule has 42 heavy (non-hydrogen) atoms. The first-order valence-electron chi connectivity index (χ1n) is 12.0. The van der Waals surface area contributed by atoms with Gasteiger partial charge in [-0.3, -0.25) is 4.57 Å². The summed E-state index contributed by atoms with van der Waals surface area (Å²) in [4.78, 5) is 18.6. The number of nitrogens with zero attached hydrogens (tertiary/aromatic N) is 7. The van der Waals surface area contributed by atoms with Crippen LogP contribution in [0.15, 0.2) is 53.3 Å². The molecule has 18 heteroatoms. The summed E-state index contributed by atoms with van der Waals surface area (Å²) in [5, 5.41) is 28.5. The van der Waals surface area contributed by atoms with E-state index in [0.29, 0.717) is 9.59 Å². The van der Waals surface area contributed by atoms with Gasteiger partial charge in [0.25, 0.3) is 0 Å². The SMILES string of the molecule is O=c1n(Cc2nc(N3CC(O)(C(F)(F)F)C3)n(-c3ccccc3Cl)n2)nc(-c2ccc(Cl)cc2)n1CC(O)C(F)(F)F. The van der Waals surface area contributed by atoms with Crippen LogP contribution in [0.2, 0.25) is 10.0 Å². The molecule has 1 unspecified atom stereocenters. The van der Waals surface area contributed by atoms with Crippen LogP contribution in [0.1, 0.15) is 5.82 Å². The summed E-state index contributed by atoms with van der Waals surface area (Å²) in [6.07, 6.45) is -12.8. The minimum absolute atomic E-state index is 0.134. The molecule has 1 aliphatic rings. The Hall–Kier alpha value is -3.60. The fourth-order valence-corrected chi connectivity index (χ4v) is 4.58. The molecule has 2 aromatic carbocycles. The van der Waals surface area contributed by atoms with Crippen molar-refractivity contribution in [1.82, 2.24) is 29.1 Å². The maximum absolute atomic E-state index is 13.3. The van der Waals surface area contributed by atoms with Crippen LogP contribution >= 0.6 is 23.2 Å². The number of anilines is 1. The van der Waals surface area contributed by atoms with Crippen molar-refractivity contribution in [2.45, 2.75) is 37.1 Å². The molecule has 0 saturated carbocycles. The van der Waals surface area contributed by atoms with E-state index in [1.807, 2.05) is 0 Å². The van der Waals surface area contributed by atoms with Crippen LogP contribution in [0.25, 0.3) is 17.1 Å². The normalized spacial score (nSPS) is 16.0. The molecule has 2 N–H and O–H groups in total. The highest BCUT2D eigenvalue weighted by atomic mass is 35.5. The summed E-state index contributed by atoms with van der Waals surface area (Å²) in [6.45, 7) is -3.40. The topological polar surface area (TPSA) is 114 Å². The number of aliphatic hydroxyl groups is 2. The highest BCUT2D eigenvalue weighted by Gasteiger charge is 2.62. The Labute approximate surface area is 241 Å². The second-order valence-electron chi connectivity index (χ2n) is 9.52. The van der Waals surface area contributed by atoms with Crippen molar-refractivity contribution < 1.29 is 36.6 Å².